The standard InChI is InChI=1S/C14H25NO2/c16-10-9-15(13-6-2-1-3-7-13)11-12-5-4-8-14(12)17/h12-13,16H,1-11H2. The number of aliphatic hydroxyl groups is 1. The number of hydrogen-bond donors (Lipinski definition) is 1. The summed E-state index contributed by atoms with van der Waals surface area (Å²) in [7, 11) is 0. The molecule has 1 atom stereocenters. The van der Waals surface area contributed by atoms with Crippen LogP contribution in [0.2, 0.25) is 0 Å². The fourth-order valence-electron chi connectivity index (χ4n) is 3.36. The Bertz CT molecular complexity index is 249. The maximum atomic E-state index is 11.7. The molecule has 0 aromatic heterocycles. The summed E-state index contributed by atoms with van der Waals surface area (Å²) < 4.78 is 0. The monoisotopic (exact) mass is 239 g/mol. The lowest BCUT2D eigenvalue weighted by Crippen LogP contribution is -2.42. The summed E-state index contributed by atoms with van der Waals surface area (Å²) in [5, 5.41) is 9.18. The van der Waals surface area contributed by atoms with E-state index in [-0.39, 0.29) is 12.5 Å². The highest BCUT2D eigenvalue weighted by molar-refractivity contribution is 5.83. The molecule has 98 valence electrons. The number of hydrogen-bond acceptors (Lipinski definition) is 3. The van der Waals surface area contributed by atoms with Gasteiger partial charge >= 0.3 is 0 Å². The van der Waals surface area contributed by atoms with E-state index in [1.807, 2.05) is 0 Å². The molecule has 0 bridgehead atoms. The van der Waals surface area contributed by atoms with Gasteiger partial charge in [0, 0.05) is 31.5 Å². The lowest BCUT2D eigenvalue weighted by atomic mass is 9.93. The number of aliphatic hydroxyl groups excluding tert-OH is 1. The minimum Gasteiger partial charge on any atom is -0.395 e. The second kappa shape index (κ2) is 6.50. The fraction of sp³-hybridized carbons (Fsp3) is 0.929. The smallest absolute Gasteiger partial charge is 0.137 e. The van der Waals surface area contributed by atoms with Crippen LogP contribution in [0.4, 0.5) is 0 Å². The molecule has 2 saturated carbocycles. The Hall–Kier alpha value is -0.410. The Morgan fingerprint density at radius 3 is 2.47 bits per heavy atom. The Kier molecular flexibility index (Phi) is 4.99. The molecule has 3 nitrogen and oxygen atoms in total. The highest BCUT2D eigenvalue weighted by atomic mass is 16.3. The molecular weight excluding hydrogens is 214 g/mol. The molecule has 0 aromatic carbocycles. The van der Waals surface area contributed by atoms with Crippen LogP contribution in [-0.2, 0) is 4.79 Å². The molecule has 17 heavy (non-hydrogen) atoms. The van der Waals surface area contributed by atoms with Crippen molar-refractivity contribution in [3.05, 3.63) is 0 Å². The summed E-state index contributed by atoms with van der Waals surface area (Å²) in [5.41, 5.74) is 0. The van der Waals surface area contributed by atoms with Gasteiger partial charge in [0.1, 0.15) is 5.78 Å². The molecule has 0 saturated heterocycles. The fourth-order valence-corrected chi connectivity index (χ4v) is 3.36. The lowest BCUT2D eigenvalue weighted by Gasteiger charge is -2.35. The van der Waals surface area contributed by atoms with Crippen LogP contribution < -0.4 is 0 Å². The van der Waals surface area contributed by atoms with Crippen molar-refractivity contribution in [2.75, 3.05) is 19.7 Å². The SMILES string of the molecule is O=C1CCCC1CN(CCO)C1CCCCC1. The topological polar surface area (TPSA) is 40.5 Å². The van der Waals surface area contributed by atoms with Gasteiger partial charge in [0.15, 0.2) is 0 Å². The third-order valence-electron chi connectivity index (χ3n) is 4.36. The van der Waals surface area contributed by atoms with Gasteiger partial charge < -0.3 is 5.11 Å². The first-order valence-electron chi connectivity index (χ1n) is 7.19. The van der Waals surface area contributed by atoms with Gasteiger partial charge in [-0.05, 0) is 25.7 Å². The summed E-state index contributed by atoms with van der Waals surface area (Å²) in [5.74, 6) is 0.701. The molecule has 2 aliphatic carbocycles. The summed E-state index contributed by atoms with van der Waals surface area (Å²) >= 11 is 0. The number of carbonyl (C=O) groups is 1. The first-order chi connectivity index (χ1) is 8.31. The van der Waals surface area contributed by atoms with E-state index in [4.69, 9.17) is 0 Å². The van der Waals surface area contributed by atoms with Gasteiger partial charge in [0.2, 0.25) is 0 Å². The highest BCUT2D eigenvalue weighted by Crippen LogP contribution is 2.27. The van der Waals surface area contributed by atoms with E-state index in [9.17, 15) is 9.90 Å². The van der Waals surface area contributed by atoms with Crippen molar-refractivity contribution in [3.63, 3.8) is 0 Å². The van der Waals surface area contributed by atoms with Crippen LogP contribution in [0.5, 0.6) is 0 Å². The molecule has 0 heterocycles. The molecule has 0 spiro atoms. The van der Waals surface area contributed by atoms with Crippen LogP contribution in [-0.4, -0.2) is 41.5 Å². The number of nitrogens with zero attached hydrogens (tertiary/aromatic N) is 1. The quantitative estimate of drug-likeness (QED) is 0.797. The van der Waals surface area contributed by atoms with Crippen LogP contribution in [0.3, 0.4) is 0 Å². The third kappa shape index (κ3) is 3.52. The van der Waals surface area contributed by atoms with E-state index in [2.05, 4.69) is 4.90 Å². The molecule has 0 aromatic rings. The van der Waals surface area contributed by atoms with Crippen LogP contribution in [0.25, 0.3) is 0 Å². The van der Waals surface area contributed by atoms with Gasteiger partial charge in [0.25, 0.3) is 0 Å². The van der Waals surface area contributed by atoms with Gasteiger partial charge in [-0.25, -0.2) is 0 Å². The van der Waals surface area contributed by atoms with E-state index in [0.29, 0.717) is 11.8 Å². The predicted molar refractivity (Wildman–Crippen MR) is 67.9 cm³/mol. The highest BCUT2D eigenvalue weighted by Gasteiger charge is 2.29. The first kappa shape index (κ1) is 13.0. The van der Waals surface area contributed by atoms with Gasteiger partial charge in [-0.1, -0.05) is 19.3 Å². The molecule has 0 amide bonds. The summed E-state index contributed by atoms with van der Waals surface area (Å²) in [4.78, 5) is 14.1. The third-order valence-corrected chi connectivity index (χ3v) is 4.36. The Morgan fingerprint density at radius 1 is 1.12 bits per heavy atom. The van der Waals surface area contributed by atoms with Crippen molar-refractivity contribution in [1.29, 1.82) is 0 Å². The van der Waals surface area contributed by atoms with Crippen molar-refractivity contribution in [3.8, 4) is 0 Å². The van der Waals surface area contributed by atoms with E-state index in [1.54, 1.807) is 0 Å². The van der Waals surface area contributed by atoms with Crippen molar-refractivity contribution < 1.29 is 9.90 Å². The zero-order valence-electron chi connectivity index (χ0n) is 10.7. The van der Waals surface area contributed by atoms with Crippen molar-refractivity contribution in [1.82, 2.24) is 4.90 Å². The largest absolute Gasteiger partial charge is 0.395 e. The lowest BCUT2D eigenvalue weighted by molar-refractivity contribution is -0.121. The summed E-state index contributed by atoms with van der Waals surface area (Å²) in [6.07, 6.45) is 9.39. The zero-order chi connectivity index (χ0) is 12.1. The normalized spacial score (nSPS) is 26.9. The Balaban J connectivity index is 1.88. The predicted octanol–water partition coefficient (Wildman–Crippen LogP) is 1.98. The average Bonchev–Trinajstić information content (AvgIpc) is 2.76. The second-order valence-corrected chi connectivity index (χ2v) is 5.57. The van der Waals surface area contributed by atoms with Crippen molar-refractivity contribution >= 4 is 5.78 Å². The molecule has 0 aliphatic heterocycles. The van der Waals surface area contributed by atoms with E-state index in [1.165, 1.54) is 32.1 Å². The van der Waals surface area contributed by atoms with Crippen molar-refractivity contribution in [2.45, 2.75) is 57.4 Å². The maximum Gasteiger partial charge on any atom is 0.137 e. The first-order valence-corrected chi connectivity index (χ1v) is 7.19. The van der Waals surface area contributed by atoms with Crippen molar-refractivity contribution in [2.24, 2.45) is 5.92 Å². The minimum atomic E-state index is 0.220. The molecule has 2 fully saturated rings. The molecule has 1 N–H and O–H groups in total. The number of Topliss-reactive ketones (excluding diaryl/α,β-unsaturated/α-hetero) is 1. The second-order valence-electron chi connectivity index (χ2n) is 5.57. The van der Waals surface area contributed by atoms with E-state index < -0.39 is 0 Å². The van der Waals surface area contributed by atoms with Gasteiger partial charge in [0.05, 0.1) is 6.61 Å². The number of ketones is 1. The molecule has 2 rings (SSSR count). The van der Waals surface area contributed by atoms with Crippen LogP contribution in [0, 0.1) is 5.92 Å². The molecule has 1 unspecified atom stereocenters. The van der Waals surface area contributed by atoms with Crippen LogP contribution in [0.15, 0.2) is 0 Å². The van der Waals surface area contributed by atoms with Crippen LogP contribution in [0.1, 0.15) is 51.4 Å². The minimum absolute atomic E-state index is 0.220. The molecule has 0 radical (unpaired) electrons. The van der Waals surface area contributed by atoms with Gasteiger partial charge in [-0.2, -0.15) is 0 Å². The average molecular weight is 239 g/mol. The van der Waals surface area contributed by atoms with Gasteiger partial charge in [-0.3, -0.25) is 9.69 Å². The zero-order valence-corrected chi connectivity index (χ0v) is 10.7. The Labute approximate surface area is 104 Å². The number of carbonyl (C=O) groups excluding carboxylic acids is 1. The summed E-state index contributed by atoms with van der Waals surface area (Å²) in [6.45, 7) is 1.86. The Morgan fingerprint density at radius 2 is 1.88 bits per heavy atom. The molecule has 2 aliphatic rings. The molecular formula is C14H25NO2. The van der Waals surface area contributed by atoms with E-state index in [0.717, 1.165) is 32.4 Å². The van der Waals surface area contributed by atoms with E-state index >= 15 is 0 Å². The number of rotatable bonds is 5. The summed E-state index contributed by atoms with van der Waals surface area (Å²) in [6, 6.07) is 0.615. The van der Waals surface area contributed by atoms with Gasteiger partial charge in [-0.15, -0.1) is 0 Å². The van der Waals surface area contributed by atoms with Crippen LogP contribution >= 0.6 is 0 Å². The molecule has 3 heteroatoms. The maximum absolute atomic E-state index is 11.7.